The third kappa shape index (κ3) is 2.12. The van der Waals surface area contributed by atoms with E-state index < -0.39 is 6.03 Å². The normalized spacial score (nSPS) is 14.9. The van der Waals surface area contributed by atoms with Gasteiger partial charge in [0.25, 0.3) is 5.91 Å². The SMILES string of the molecule is C=C(C)C(=O)NC1=NC(=O)N=C1CC. The van der Waals surface area contributed by atoms with Gasteiger partial charge in [-0.1, -0.05) is 13.5 Å². The highest BCUT2D eigenvalue weighted by Gasteiger charge is 2.19. The Bertz CT molecular complexity index is 366. The standard InChI is InChI=1S/C9H11N3O2/c1-4-6-7(12-9(14)10-6)11-8(13)5(2)3/h2,4H2,1,3H3,(H,11,12,13,14). The van der Waals surface area contributed by atoms with Crippen LogP contribution in [0, 0.1) is 0 Å². The Balaban J connectivity index is 2.76. The molecule has 3 amide bonds. The van der Waals surface area contributed by atoms with Gasteiger partial charge < -0.3 is 5.32 Å². The van der Waals surface area contributed by atoms with Crippen LogP contribution in [0.4, 0.5) is 4.79 Å². The van der Waals surface area contributed by atoms with Crippen molar-refractivity contribution in [1.82, 2.24) is 5.32 Å². The molecule has 1 rings (SSSR count). The molecule has 0 unspecified atom stereocenters. The molecular formula is C9H11N3O2. The van der Waals surface area contributed by atoms with E-state index in [1.165, 1.54) is 0 Å². The first kappa shape index (κ1) is 10.3. The van der Waals surface area contributed by atoms with Gasteiger partial charge in [-0.05, 0) is 13.3 Å². The molecule has 5 heteroatoms. The van der Waals surface area contributed by atoms with Crippen molar-refractivity contribution in [3.63, 3.8) is 0 Å². The van der Waals surface area contributed by atoms with Crippen molar-refractivity contribution in [2.24, 2.45) is 9.98 Å². The lowest BCUT2D eigenvalue weighted by Gasteiger charge is -2.04. The quantitative estimate of drug-likeness (QED) is 0.666. The first-order valence-electron chi connectivity index (χ1n) is 4.22. The fraction of sp³-hybridized carbons (Fsp3) is 0.333. The number of aliphatic imine (C=N–C) groups is 2. The summed E-state index contributed by atoms with van der Waals surface area (Å²) in [5.41, 5.74) is 0.868. The topological polar surface area (TPSA) is 70.9 Å². The summed E-state index contributed by atoms with van der Waals surface area (Å²) in [6.45, 7) is 6.89. The summed E-state index contributed by atoms with van der Waals surface area (Å²) in [7, 11) is 0. The molecule has 1 aliphatic rings. The molecule has 0 bridgehead atoms. The smallest absolute Gasteiger partial charge is 0.305 e. The third-order valence-corrected chi connectivity index (χ3v) is 1.67. The molecule has 0 atom stereocenters. The van der Waals surface area contributed by atoms with Crippen LogP contribution in [0.5, 0.6) is 0 Å². The van der Waals surface area contributed by atoms with Crippen molar-refractivity contribution in [3.8, 4) is 0 Å². The second-order valence-corrected chi connectivity index (χ2v) is 2.89. The summed E-state index contributed by atoms with van der Waals surface area (Å²) >= 11 is 0. The highest BCUT2D eigenvalue weighted by Crippen LogP contribution is 2.01. The molecule has 0 spiro atoms. The van der Waals surface area contributed by atoms with Crippen molar-refractivity contribution in [2.75, 3.05) is 0 Å². The van der Waals surface area contributed by atoms with Crippen LogP contribution < -0.4 is 5.32 Å². The minimum Gasteiger partial charge on any atom is -0.305 e. The fourth-order valence-electron chi connectivity index (χ4n) is 0.914. The van der Waals surface area contributed by atoms with Gasteiger partial charge in [0.05, 0.1) is 5.71 Å². The number of hydrogen-bond donors (Lipinski definition) is 1. The van der Waals surface area contributed by atoms with E-state index in [-0.39, 0.29) is 11.7 Å². The van der Waals surface area contributed by atoms with E-state index in [1.54, 1.807) is 6.92 Å². The van der Waals surface area contributed by atoms with Gasteiger partial charge in [0, 0.05) is 5.57 Å². The minimum atomic E-state index is -0.570. The molecule has 1 aliphatic heterocycles. The lowest BCUT2D eigenvalue weighted by molar-refractivity contribution is -0.116. The summed E-state index contributed by atoms with van der Waals surface area (Å²) < 4.78 is 0. The number of hydrogen-bond acceptors (Lipinski definition) is 2. The van der Waals surface area contributed by atoms with Crippen LogP contribution in [0.1, 0.15) is 20.3 Å². The molecule has 74 valence electrons. The molecule has 14 heavy (non-hydrogen) atoms. The molecule has 0 aromatic heterocycles. The molecule has 0 saturated carbocycles. The summed E-state index contributed by atoms with van der Waals surface area (Å²) in [5, 5.41) is 2.47. The molecule has 0 aliphatic carbocycles. The van der Waals surface area contributed by atoms with Crippen molar-refractivity contribution in [2.45, 2.75) is 20.3 Å². The summed E-state index contributed by atoms with van der Waals surface area (Å²) in [5.74, 6) is -0.106. The first-order valence-corrected chi connectivity index (χ1v) is 4.22. The Kier molecular flexibility index (Phi) is 2.91. The average Bonchev–Trinajstić information content (AvgIpc) is 2.45. The molecule has 0 aromatic carbocycles. The number of rotatable bonds is 2. The maximum Gasteiger partial charge on any atom is 0.369 e. The fourth-order valence-corrected chi connectivity index (χ4v) is 0.914. The van der Waals surface area contributed by atoms with Crippen LogP contribution in [-0.4, -0.2) is 23.5 Å². The molecule has 1 N–H and O–H groups in total. The Labute approximate surface area is 81.6 Å². The minimum absolute atomic E-state index is 0.241. The van der Waals surface area contributed by atoms with Gasteiger partial charge >= 0.3 is 6.03 Å². The van der Waals surface area contributed by atoms with Crippen LogP contribution in [0.3, 0.4) is 0 Å². The molecule has 0 saturated heterocycles. The molecule has 5 nitrogen and oxygen atoms in total. The van der Waals surface area contributed by atoms with Crippen LogP contribution in [0.15, 0.2) is 22.1 Å². The zero-order chi connectivity index (χ0) is 10.7. The van der Waals surface area contributed by atoms with E-state index in [4.69, 9.17) is 0 Å². The Morgan fingerprint density at radius 3 is 2.64 bits per heavy atom. The predicted molar refractivity (Wildman–Crippen MR) is 53.5 cm³/mol. The number of carbonyl (C=O) groups is 2. The van der Waals surface area contributed by atoms with Crippen LogP contribution >= 0.6 is 0 Å². The highest BCUT2D eigenvalue weighted by atomic mass is 16.2. The second-order valence-electron chi connectivity index (χ2n) is 2.89. The summed E-state index contributed by atoms with van der Waals surface area (Å²) in [6, 6.07) is -0.570. The largest absolute Gasteiger partial charge is 0.369 e. The highest BCUT2D eigenvalue weighted by molar-refractivity contribution is 6.49. The molecule has 0 radical (unpaired) electrons. The van der Waals surface area contributed by atoms with Gasteiger partial charge in [0.15, 0.2) is 5.84 Å². The lowest BCUT2D eigenvalue weighted by atomic mass is 10.2. The van der Waals surface area contributed by atoms with Crippen LogP contribution in [0.2, 0.25) is 0 Å². The van der Waals surface area contributed by atoms with Gasteiger partial charge in [0.1, 0.15) is 0 Å². The van der Waals surface area contributed by atoms with Crippen molar-refractivity contribution in [3.05, 3.63) is 12.2 Å². The molecule has 0 fully saturated rings. The monoisotopic (exact) mass is 193 g/mol. The molecule has 1 heterocycles. The Morgan fingerprint density at radius 2 is 2.14 bits per heavy atom. The Hall–Kier alpha value is -1.78. The van der Waals surface area contributed by atoms with Gasteiger partial charge in [-0.25, -0.2) is 4.79 Å². The van der Waals surface area contributed by atoms with Crippen molar-refractivity contribution in [1.29, 1.82) is 0 Å². The van der Waals surface area contributed by atoms with Gasteiger partial charge in [-0.2, -0.15) is 9.98 Å². The zero-order valence-corrected chi connectivity index (χ0v) is 8.13. The number of nitrogens with one attached hydrogen (secondary N) is 1. The third-order valence-electron chi connectivity index (χ3n) is 1.67. The van der Waals surface area contributed by atoms with Gasteiger partial charge in [0.2, 0.25) is 0 Å². The van der Waals surface area contributed by atoms with Gasteiger partial charge in [-0.3, -0.25) is 4.79 Å². The number of carbonyl (C=O) groups excluding carboxylic acids is 2. The first-order chi connectivity index (χ1) is 6.54. The van der Waals surface area contributed by atoms with Crippen LogP contribution in [0.25, 0.3) is 0 Å². The predicted octanol–water partition coefficient (Wildman–Crippen LogP) is 1.06. The summed E-state index contributed by atoms with van der Waals surface area (Å²) in [4.78, 5) is 29.2. The maximum absolute atomic E-state index is 11.2. The molecular weight excluding hydrogens is 182 g/mol. The number of nitrogens with zero attached hydrogens (tertiary/aromatic N) is 2. The van der Waals surface area contributed by atoms with Crippen molar-refractivity contribution >= 4 is 23.5 Å². The van der Waals surface area contributed by atoms with E-state index in [9.17, 15) is 9.59 Å². The van der Waals surface area contributed by atoms with E-state index in [1.807, 2.05) is 6.92 Å². The zero-order valence-electron chi connectivity index (χ0n) is 8.13. The van der Waals surface area contributed by atoms with Crippen molar-refractivity contribution < 1.29 is 9.59 Å². The average molecular weight is 193 g/mol. The van der Waals surface area contributed by atoms with E-state index in [0.717, 1.165) is 0 Å². The van der Waals surface area contributed by atoms with E-state index in [2.05, 4.69) is 21.9 Å². The number of amides is 3. The maximum atomic E-state index is 11.2. The van der Waals surface area contributed by atoms with E-state index in [0.29, 0.717) is 17.7 Å². The molecule has 0 aromatic rings. The van der Waals surface area contributed by atoms with Gasteiger partial charge in [-0.15, -0.1) is 0 Å². The Morgan fingerprint density at radius 1 is 1.50 bits per heavy atom. The number of urea groups is 1. The second kappa shape index (κ2) is 3.95. The van der Waals surface area contributed by atoms with Crippen LogP contribution in [-0.2, 0) is 4.79 Å². The lowest BCUT2D eigenvalue weighted by Crippen LogP contribution is -2.34. The van der Waals surface area contributed by atoms with E-state index >= 15 is 0 Å². The number of amidine groups is 1. The summed E-state index contributed by atoms with van der Waals surface area (Å²) in [6.07, 6.45) is 0.557.